The molecule has 0 amide bonds. The Morgan fingerprint density at radius 1 is 0.284 bits per heavy atom. The van der Waals surface area contributed by atoms with Gasteiger partial charge in [-0.1, -0.05) is 154 Å². The van der Waals surface area contributed by atoms with Crippen molar-refractivity contribution in [1.82, 2.24) is 0 Å². The molecule has 360 valence electrons. The molecule has 74 heavy (non-hydrogen) atoms. The predicted octanol–water partition coefficient (Wildman–Crippen LogP) is 21.0. The average Bonchev–Trinajstić information content (AvgIpc) is 4.04. The van der Waals surface area contributed by atoms with Crippen molar-refractivity contribution in [2.24, 2.45) is 0 Å². The van der Waals surface area contributed by atoms with E-state index in [9.17, 15) is 0 Å². The second-order valence-corrected chi connectivity index (χ2v) is 20.9. The molecule has 4 nitrogen and oxygen atoms in total. The van der Waals surface area contributed by atoms with E-state index in [0.29, 0.717) is 11.8 Å². The van der Waals surface area contributed by atoms with E-state index in [1.54, 1.807) is 0 Å². The van der Waals surface area contributed by atoms with Gasteiger partial charge in [-0.2, -0.15) is 0 Å². The Balaban J connectivity index is 0.852. The highest BCUT2D eigenvalue weighted by Crippen LogP contribution is 2.46. The lowest BCUT2D eigenvalue weighted by Gasteiger charge is -2.27. The van der Waals surface area contributed by atoms with E-state index in [0.717, 1.165) is 88.8 Å². The van der Waals surface area contributed by atoms with Crippen LogP contribution in [0.15, 0.2) is 227 Å². The number of furan rings is 2. The first-order chi connectivity index (χ1) is 36.6. The van der Waals surface area contributed by atoms with Crippen LogP contribution in [-0.2, 0) is 0 Å². The number of rotatable bonds is 10. The van der Waals surface area contributed by atoms with E-state index < -0.39 is 0 Å². The number of benzene rings is 10. The monoisotopic (exact) mass is 958 g/mol. The Labute approximate surface area is 433 Å². The topological polar surface area (TPSA) is 32.8 Å². The van der Waals surface area contributed by atoms with E-state index in [1.165, 1.54) is 97.6 Å². The van der Waals surface area contributed by atoms with Crippen LogP contribution in [0.25, 0.3) is 76.9 Å². The lowest BCUT2D eigenvalue weighted by Crippen LogP contribution is -2.11. The molecular weight excluding hydrogens is 901 g/mol. The Morgan fingerprint density at radius 3 is 1.27 bits per heavy atom. The van der Waals surface area contributed by atoms with Crippen LogP contribution in [0.2, 0.25) is 0 Å². The minimum Gasteiger partial charge on any atom is -0.452 e. The molecule has 0 N–H and O–H groups in total. The van der Waals surface area contributed by atoms with Crippen molar-refractivity contribution in [2.75, 3.05) is 9.80 Å². The van der Waals surface area contributed by atoms with Crippen molar-refractivity contribution in [3.8, 4) is 22.3 Å². The van der Waals surface area contributed by atoms with Gasteiger partial charge in [0.25, 0.3) is 0 Å². The maximum absolute atomic E-state index is 6.92. The highest BCUT2D eigenvalue weighted by Gasteiger charge is 2.23. The minimum atomic E-state index is 0.644. The summed E-state index contributed by atoms with van der Waals surface area (Å²) in [6, 6.07) is 80.3. The zero-order valence-corrected chi connectivity index (χ0v) is 41.7. The van der Waals surface area contributed by atoms with Gasteiger partial charge in [0, 0.05) is 55.7 Å². The molecule has 2 saturated carbocycles. The molecule has 0 unspecified atom stereocenters. The summed E-state index contributed by atoms with van der Waals surface area (Å²) in [6.07, 6.45) is 13.1. The smallest absolute Gasteiger partial charge is 0.178 e. The molecule has 4 heteroatoms. The molecule has 0 radical (unpaired) electrons. The Hall–Kier alpha value is -8.34. The summed E-state index contributed by atoms with van der Waals surface area (Å²) >= 11 is 0. The predicted molar refractivity (Wildman–Crippen MR) is 310 cm³/mol. The molecule has 0 aliphatic heterocycles. The van der Waals surface area contributed by atoms with Gasteiger partial charge in [-0.15, -0.1) is 0 Å². The standard InChI is InChI=1S/C70H58N2O2/c1-5-15-47(16-6-1)51-27-32-57(33-28-51)71(59-25-13-23-53(41-59)49-19-9-3-10-20-49)61-36-31-55-44-65-63-38-39-64-66-46-62(37-40-67(66)73-69(64)70(63)74-68(65)45-56(55)43-61)72(58-34-29-52(30-35-58)48-17-7-2-8-18-48)60-26-14-24-54(42-60)50-21-11-4-12-22-50/h3-4,9-14,19-48H,1-2,5-8,15-18H2. The fraction of sp³-hybridized carbons (Fsp3) is 0.171. The summed E-state index contributed by atoms with van der Waals surface area (Å²) in [4.78, 5) is 4.79. The van der Waals surface area contributed by atoms with Crippen LogP contribution in [0, 0.1) is 0 Å². The van der Waals surface area contributed by atoms with Gasteiger partial charge in [-0.25, -0.2) is 0 Å². The van der Waals surface area contributed by atoms with Crippen LogP contribution in [-0.4, -0.2) is 0 Å². The molecule has 0 saturated heterocycles. The van der Waals surface area contributed by atoms with Crippen molar-refractivity contribution < 1.29 is 8.83 Å². The van der Waals surface area contributed by atoms with Crippen LogP contribution in [0.5, 0.6) is 0 Å². The second-order valence-electron chi connectivity index (χ2n) is 20.9. The van der Waals surface area contributed by atoms with E-state index in [1.807, 2.05) is 0 Å². The number of nitrogens with zero attached hydrogens (tertiary/aromatic N) is 2. The van der Waals surface area contributed by atoms with Crippen LogP contribution < -0.4 is 9.80 Å². The summed E-state index contributed by atoms with van der Waals surface area (Å²) in [7, 11) is 0. The third-order valence-corrected chi connectivity index (χ3v) is 16.4. The molecule has 0 spiro atoms. The summed E-state index contributed by atoms with van der Waals surface area (Å²) in [5.74, 6) is 1.29. The molecule has 2 aliphatic rings. The number of hydrogen-bond acceptors (Lipinski definition) is 4. The number of hydrogen-bond donors (Lipinski definition) is 0. The number of anilines is 6. The van der Waals surface area contributed by atoms with Crippen LogP contribution in [0.3, 0.4) is 0 Å². The summed E-state index contributed by atoms with van der Waals surface area (Å²) in [6.45, 7) is 0. The fourth-order valence-electron chi connectivity index (χ4n) is 12.5. The highest BCUT2D eigenvalue weighted by molar-refractivity contribution is 6.20. The molecule has 12 aromatic rings. The lowest BCUT2D eigenvalue weighted by atomic mass is 9.84. The molecule has 0 bridgehead atoms. The first kappa shape index (κ1) is 44.4. The first-order valence-electron chi connectivity index (χ1n) is 27.0. The molecule has 2 aliphatic carbocycles. The molecule has 2 fully saturated rings. The second kappa shape index (κ2) is 18.9. The van der Waals surface area contributed by atoms with Gasteiger partial charge in [-0.3, -0.25) is 0 Å². The largest absolute Gasteiger partial charge is 0.452 e. The van der Waals surface area contributed by atoms with Crippen LogP contribution in [0.4, 0.5) is 34.1 Å². The van der Waals surface area contributed by atoms with Gasteiger partial charge < -0.3 is 18.6 Å². The molecule has 14 rings (SSSR count). The summed E-state index contributed by atoms with van der Waals surface area (Å²) < 4.78 is 13.7. The van der Waals surface area contributed by atoms with Crippen LogP contribution >= 0.6 is 0 Å². The van der Waals surface area contributed by atoms with Gasteiger partial charge in [0.2, 0.25) is 0 Å². The zero-order chi connectivity index (χ0) is 49.0. The van der Waals surface area contributed by atoms with Crippen molar-refractivity contribution in [1.29, 1.82) is 0 Å². The number of fused-ring (bicyclic) bond motifs is 8. The third kappa shape index (κ3) is 8.19. The maximum Gasteiger partial charge on any atom is 0.178 e. The quantitative estimate of drug-likeness (QED) is 0.137. The van der Waals surface area contributed by atoms with E-state index >= 15 is 0 Å². The van der Waals surface area contributed by atoms with Crippen molar-refractivity contribution >= 4 is 88.8 Å². The summed E-state index contributed by atoms with van der Waals surface area (Å²) in [5.41, 5.74) is 17.6. The minimum absolute atomic E-state index is 0.644. The van der Waals surface area contributed by atoms with Gasteiger partial charge in [0.15, 0.2) is 11.2 Å². The van der Waals surface area contributed by atoms with Crippen LogP contribution in [0.1, 0.15) is 87.2 Å². The van der Waals surface area contributed by atoms with E-state index in [2.05, 4.69) is 228 Å². The Morgan fingerprint density at radius 2 is 0.730 bits per heavy atom. The zero-order valence-electron chi connectivity index (χ0n) is 41.7. The normalized spacial score (nSPS) is 14.6. The van der Waals surface area contributed by atoms with Gasteiger partial charge in [0.05, 0.1) is 0 Å². The average molecular weight is 959 g/mol. The van der Waals surface area contributed by atoms with Gasteiger partial charge >= 0.3 is 0 Å². The molecular formula is C70H58N2O2. The van der Waals surface area contributed by atoms with E-state index in [-0.39, 0.29) is 0 Å². The lowest BCUT2D eigenvalue weighted by molar-refractivity contribution is 0.443. The Bertz CT molecular complexity index is 3960. The van der Waals surface area contributed by atoms with Crippen molar-refractivity contribution in [2.45, 2.75) is 76.0 Å². The maximum atomic E-state index is 6.92. The first-order valence-corrected chi connectivity index (χ1v) is 27.0. The van der Waals surface area contributed by atoms with Gasteiger partial charge in [-0.05, 0) is 185 Å². The highest BCUT2D eigenvalue weighted by atomic mass is 16.4. The molecule has 10 aromatic carbocycles. The fourth-order valence-corrected chi connectivity index (χ4v) is 12.5. The van der Waals surface area contributed by atoms with E-state index in [4.69, 9.17) is 8.83 Å². The third-order valence-electron chi connectivity index (χ3n) is 16.4. The van der Waals surface area contributed by atoms with Gasteiger partial charge in [0.1, 0.15) is 11.2 Å². The summed E-state index contributed by atoms with van der Waals surface area (Å²) in [5, 5.41) is 6.50. The molecule has 2 heterocycles. The molecule has 0 atom stereocenters. The van der Waals surface area contributed by atoms with Crippen molar-refractivity contribution in [3.63, 3.8) is 0 Å². The van der Waals surface area contributed by atoms with Crippen molar-refractivity contribution in [3.05, 3.63) is 230 Å². The Kier molecular flexibility index (Phi) is 11.3. The SMILES string of the molecule is c1ccc(-c2cccc(N(c3ccc(C4CCCCC4)cc3)c3ccc4cc5c(cc4c3)oc3c5ccc4c5cc(N(c6ccc(C7CCCCC7)cc6)c6cccc(-c7ccccc7)c6)ccc5oc43)c2)cc1. The molecule has 2 aromatic heterocycles.